The number of benzene rings is 1. The Morgan fingerprint density at radius 2 is 1.89 bits per heavy atom. The van der Waals surface area contributed by atoms with Crippen LogP contribution in [0.1, 0.15) is 21.6 Å². The van der Waals surface area contributed by atoms with E-state index in [4.69, 9.17) is 4.74 Å². The molecule has 0 saturated carbocycles. The summed E-state index contributed by atoms with van der Waals surface area (Å²) in [5, 5.41) is 6.01. The van der Waals surface area contributed by atoms with Gasteiger partial charge in [-0.2, -0.15) is 0 Å². The molecule has 0 unspecified atom stereocenters. The van der Waals surface area contributed by atoms with Gasteiger partial charge in [-0.15, -0.1) is 0 Å². The summed E-state index contributed by atoms with van der Waals surface area (Å²) in [4.78, 5) is 24.6. The van der Waals surface area contributed by atoms with E-state index in [9.17, 15) is 4.79 Å². The zero-order valence-electron chi connectivity index (χ0n) is 15.1. The van der Waals surface area contributed by atoms with Crippen molar-refractivity contribution in [2.75, 3.05) is 19.0 Å². The van der Waals surface area contributed by atoms with Crippen molar-refractivity contribution >= 4 is 11.7 Å². The Hall–Kier alpha value is -3.48. The van der Waals surface area contributed by atoms with Gasteiger partial charge in [-0.25, -0.2) is 9.97 Å². The van der Waals surface area contributed by atoms with Gasteiger partial charge in [0, 0.05) is 25.5 Å². The number of nitrogens with one attached hydrogen (secondary N) is 2. The Morgan fingerprint density at radius 3 is 2.63 bits per heavy atom. The van der Waals surface area contributed by atoms with Crippen LogP contribution in [0.5, 0.6) is 5.75 Å². The molecule has 1 aromatic carbocycles. The zero-order chi connectivity index (χ0) is 18.9. The van der Waals surface area contributed by atoms with Crippen molar-refractivity contribution in [2.24, 2.45) is 0 Å². The Balaban J connectivity index is 1.48. The Bertz CT molecular complexity index is 869. The lowest BCUT2D eigenvalue weighted by Gasteiger charge is -2.09. The van der Waals surface area contributed by atoms with Crippen molar-refractivity contribution in [2.45, 2.75) is 13.0 Å². The smallest absolute Gasteiger partial charge is 0.271 e. The molecule has 0 aliphatic heterocycles. The number of rotatable bonds is 8. The van der Waals surface area contributed by atoms with Crippen LogP contribution >= 0.6 is 0 Å². The quantitative estimate of drug-likeness (QED) is 0.639. The normalized spacial score (nSPS) is 10.3. The molecule has 3 aromatic rings. The van der Waals surface area contributed by atoms with Crippen LogP contribution in [0.15, 0.2) is 61.2 Å². The fourth-order valence-electron chi connectivity index (χ4n) is 2.54. The van der Waals surface area contributed by atoms with Gasteiger partial charge in [-0.05, 0) is 35.7 Å². The number of aromatic nitrogens is 3. The fraction of sp³-hybridized carbons (Fsp3) is 0.200. The van der Waals surface area contributed by atoms with Gasteiger partial charge in [0.15, 0.2) is 0 Å². The summed E-state index contributed by atoms with van der Waals surface area (Å²) in [7, 11) is 1.64. The topological polar surface area (TPSA) is 89.0 Å². The van der Waals surface area contributed by atoms with Gasteiger partial charge in [-0.3, -0.25) is 9.78 Å². The number of para-hydroxylation sites is 1. The van der Waals surface area contributed by atoms with Crippen LogP contribution in [0.3, 0.4) is 0 Å². The molecule has 2 heterocycles. The predicted molar refractivity (Wildman–Crippen MR) is 103 cm³/mol. The molecule has 0 aliphatic carbocycles. The number of anilines is 1. The molecule has 7 nitrogen and oxygen atoms in total. The molecule has 0 saturated heterocycles. The van der Waals surface area contributed by atoms with Crippen molar-refractivity contribution in [3.8, 4) is 5.75 Å². The van der Waals surface area contributed by atoms with Crippen LogP contribution in [-0.2, 0) is 13.0 Å². The zero-order valence-corrected chi connectivity index (χ0v) is 15.1. The maximum atomic E-state index is 12.2. The average molecular weight is 363 g/mol. The van der Waals surface area contributed by atoms with E-state index in [1.807, 2.05) is 36.4 Å². The lowest BCUT2D eigenvalue weighted by molar-refractivity contribution is 0.0948. The first kappa shape index (κ1) is 18.3. The SMILES string of the molecule is COc1ccccc1CCNC(=O)c1cnc(NCc2ccncc2)cn1. The van der Waals surface area contributed by atoms with E-state index in [1.54, 1.807) is 25.7 Å². The van der Waals surface area contributed by atoms with Crippen LogP contribution in [0.4, 0.5) is 5.82 Å². The van der Waals surface area contributed by atoms with Crippen molar-refractivity contribution < 1.29 is 9.53 Å². The van der Waals surface area contributed by atoms with Crippen molar-refractivity contribution in [1.29, 1.82) is 0 Å². The maximum Gasteiger partial charge on any atom is 0.271 e. The summed E-state index contributed by atoms with van der Waals surface area (Å²) in [5.41, 5.74) is 2.41. The average Bonchev–Trinajstić information content (AvgIpc) is 2.73. The number of hydrogen-bond donors (Lipinski definition) is 2. The minimum Gasteiger partial charge on any atom is -0.496 e. The number of hydrogen-bond acceptors (Lipinski definition) is 6. The number of methoxy groups -OCH3 is 1. The van der Waals surface area contributed by atoms with Crippen molar-refractivity contribution in [1.82, 2.24) is 20.3 Å². The number of carbonyl (C=O) groups is 1. The molecule has 2 N–H and O–H groups in total. The van der Waals surface area contributed by atoms with Gasteiger partial charge in [-0.1, -0.05) is 18.2 Å². The number of carbonyl (C=O) groups excluding carboxylic acids is 1. The lowest BCUT2D eigenvalue weighted by Crippen LogP contribution is -2.26. The van der Waals surface area contributed by atoms with E-state index in [0.717, 1.165) is 16.9 Å². The molecule has 0 bridgehead atoms. The highest BCUT2D eigenvalue weighted by Gasteiger charge is 2.08. The highest BCUT2D eigenvalue weighted by Crippen LogP contribution is 2.17. The lowest BCUT2D eigenvalue weighted by atomic mass is 10.1. The molecule has 1 amide bonds. The first-order valence-electron chi connectivity index (χ1n) is 8.61. The molecule has 27 heavy (non-hydrogen) atoms. The third-order valence-corrected chi connectivity index (χ3v) is 3.98. The first-order valence-corrected chi connectivity index (χ1v) is 8.61. The standard InChI is InChI=1S/C20H21N5O2/c1-27-18-5-3-2-4-16(18)8-11-22-20(26)17-13-25-19(14-23-17)24-12-15-6-9-21-10-7-15/h2-7,9-10,13-14H,8,11-12H2,1H3,(H,22,26)(H,24,25). The van der Waals surface area contributed by atoms with Crippen molar-refractivity contribution in [3.05, 3.63) is 78.0 Å². The minimum absolute atomic E-state index is 0.252. The maximum absolute atomic E-state index is 12.2. The molecular formula is C20H21N5O2. The fourth-order valence-corrected chi connectivity index (χ4v) is 2.54. The molecule has 2 aromatic heterocycles. The van der Waals surface area contributed by atoms with Crippen LogP contribution in [0.2, 0.25) is 0 Å². The molecule has 138 valence electrons. The number of amides is 1. The minimum atomic E-state index is -0.252. The Labute approximate surface area is 157 Å². The van der Waals surface area contributed by atoms with Gasteiger partial charge >= 0.3 is 0 Å². The Morgan fingerprint density at radius 1 is 1.07 bits per heavy atom. The van der Waals surface area contributed by atoms with E-state index in [2.05, 4.69) is 25.6 Å². The molecule has 0 fully saturated rings. The van der Waals surface area contributed by atoms with Crippen LogP contribution in [0, 0.1) is 0 Å². The molecule has 7 heteroatoms. The van der Waals surface area contributed by atoms with Gasteiger partial charge in [0.1, 0.15) is 17.3 Å². The highest BCUT2D eigenvalue weighted by atomic mass is 16.5. The summed E-state index contributed by atoms with van der Waals surface area (Å²) in [5.74, 6) is 1.17. The summed E-state index contributed by atoms with van der Waals surface area (Å²) in [6.45, 7) is 1.10. The second-order valence-electron chi connectivity index (χ2n) is 5.81. The van der Waals surface area contributed by atoms with E-state index < -0.39 is 0 Å². The Kier molecular flexibility index (Phi) is 6.30. The molecule has 0 aliphatic rings. The van der Waals surface area contributed by atoms with Gasteiger partial charge in [0.2, 0.25) is 0 Å². The first-order chi connectivity index (χ1) is 13.3. The van der Waals surface area contributed by atoms with Crippen molar-refractivity contribution in [3.63, 3.8) is 0 Å². The second kappa shape index (κ2) is 9.28. The number of ether oxygens (including phenoxy) is 1. The molecule has 3 rings (SSSR count). The summed E-state index contributed by atoms with van der Waals surface area (Å²) in [6.07, 6.45) is 7.17. The third kappa shape index (κ3) is 5.24. The van der Waals surface area contributed by atoms with Crippen LogP contribution < -0.4 is 15.4 Å². The van der Waals surface area contributed by atoms with Crippen LogP contribution in [0.25, 0.3) is 0 Å². The third-order valence-electron chi connectivity index (χ3n) is 3.98. The molecular weight excluding hydrogens is 342 g/mol. The van der Waals surface area contributed by atoms with E-state index in [-0.39, 0.29) is 11.6 Å². The molecule has 0 radical (unpaired) electrons. The second-order valence-corrected chi connectivity index (χ2v) is 5.81. The van der Waals surface area contributed by atoms with Gasteiger partial charge in [0.05, 0.1) is 19.5 Å². The molecule has 0 atom stereocenters. The van der Waals surface area contributed by atoms with Crippen LogP contribution in [-0.4, -0.2) is 34.5 Å². The summed E-state index contributed by atoms with van der Waals surface area (Å²) < 4.78 is 5.31. The van der Waals surface area contributed by atoms with Gasteiger partial charge < -0.3 is 15.4 Å². The summed E-state index contributed by atoms with van der Waals surface area (Å²) >= 11 is 0. The number of nitrogens with zero attached hydrogens (tertiary/aromatic N) is 3. The molecule has 0 spiro atoms. The predicted octanol–water partition coefficient (Wildman–Crippen LogP) is 2.46. The van der Waals surface area contributed by atoms with Gasteiger partial charge in [0.25, 0.3) is 5.91 Å². The van der Waals surface area contributed by atoms with E-state index in [0.29, 0.717) is 25.3 Å². The largest absolute Gasteiger partial charge is 0.496 e. The number of pyridine rings is 1. The van der Waals surface area contributed by atoms with E-state index in [1.165, 1.54) is 6.20 Å². The highest BCUT2D eigenvalue weighted by molar-refractivity contribution is 5.92. The van der Waals surface area contributed by atoms with E-state index >= 15 is 0 Å². The monoisotopic (exact) mass is 363 g/mol. The summed E-state index contributed by atoms with van der Waals surface area (Å²) in [6, 6.07) is 11.6.